The summed E-state index contributed by atoms with van der Waals surface area (Å²) < 4.78 is 2.00. The van der Waals surface area contributed by atoms with Gasteiger partial charge in [0.2, 0.25) is 0 Å². The number of fused-ring (bicyclic) bond motifs is 1. The molecule has 0 fully saturated rings. The highest BCUT2D eigenvalue weighted by Crippen LogP contribution is 2.27. The minimum atomic E-state index is -0.219. The van der Waals surface area contributed by atoms with Gasteiger partial charge in [-0.3, -0.25) is 4.79 Å². The summed E-state index contributed by atoms with van der Waals surface area (Å²) in [6.07, 6.45) is 5.45. The summed E-state index contributed by atoms with van der Waals surface area (Å²) in [4.78, 5) is 19.8. The Morgan fingerprint density at radius 2 is 1.88 bits per heavy atom. The van der Waals surface area contributed by atoms with E-state index in [0.29, 0.717) is 23.8 Å². The second-order valence-corrected chi connectivity index (χ2v) is 6.42. The first-order valence-electron chi connectivity index (χ1n) is 8.29. The molecular formula is C20H17ClN4O. The van der Waals surface area contributed by atoms with E-state index >= 15 is 0 Å². The number of aromatic nitrogens is 3. The first kappa shape index (κ1) is 16.4. The number of nitrogens with zero attached hydrogens (tertiary/aromatic N) is 2. The fourth-order valence-corrected chi connectivity index (χ4v) is 3.29. The molecule has 130 valence electrons. The normalized spacial score (nSPS) is 11.0. The van der Waals surface area contributed by atoms with Gasteiger partial charge in [0.05, 0.1) is 11.3 Å². The van der Waals surface area contributed by atoms with Gasteiger partial charge in [-0.2, -0.15) is 0 Å². The monoisotopic (exact) mass is 364 g/mol. The average Bonchev–Trinajstić information content (AvgIpc) is 3.29. The van der Waals surface area contributed by atoms with E-state index in [2.05, 4.69) is 21.4 Å². The third kappa shape index (κ3) is 3.21. The molecule has 2 aromatic heterocycles. The van der Waals surface area contributed by atoms with Gasteiger partial charge in [-0.25, -0.2) is 4.98 Å². The molecule has 0 atom stereocenters. The van der Waals surface area contributed by atoms with Crippen LogP contribution in [0.5, 0.6) is 0 Å². The van der Waals surface area contributed by atoms with Crippen LogP contribution in [0, 0.1) is 0 Å². The highest BCUT2D eigenvalue weighted by atomic mass is 35.5. The Bertz CT molecular complexity index is 1050. The van der Waals surface area contributed by atoms with Crippen molar-refractivity contribution >= 4 is 28.4 Å². The molecule has 4 rings (SSSR count). The van der Waals surface area contributed by atoms with Crippen molar-refractivity contribution in [2.75, 3.05) is 0 Å². The molecule has 26 heavy (non-hydrogen) atoms. The summed E-state index contributed by atoms with van der Waals surface area (Å²) in [5.41, 5.74) is 3.43. The van der Waals surface area contributed by atoms with Crippen molar-refractivity contribution in [2.24, 2.45) is 0 Å². The predicted octanol–water partition coefficient (Wildman–Crippen LogP) is 4.00. The van der Waals surface area contributed by atoms with E-state index in [0.717, 1.165) is 22.0 Å². The Labute approximate surface area is 155 Å². The third-order valence-corrected chi connectivity index (χ3v) is 4.73. The molecular weight excluding hydrogens is 348 g/mol. The molecule has 0 saturated carbocycles. The molecule has 0 saturated heterocycles. The van der Waals surface area contributed by atoms with Crippen molar-refractivity contribution in [3.63, 3.8) is 0 Å². The standard InChI is InChI=1S/C20H17ClN4O/c21-18-16-7-3-4-8-17(16)24-19(18)20(26)23-11-14-5-1-2-6-15(14)12-25-10-9-22-13-25/h1-10,13,24H,11-12H2,(H,23,26). The summed E-state index contributed by atoms with van der Waals surface area (Å²) in [6, 6.07) is 15.6. The van der Waals surface area contributed by atoms with E-state index in [1.54, 1.807) is 12.5 Å². The predicted molar refractivity (Wildman–Crippen MR) is 102 cm³/mol. The van der Waals surface area contributed by atoms with Gasteiger partial charge in [0.1, 0.15) is 5.69 Å². The molecule has 2 N–H and O–H groups in total. The number of para-hydroxylation sites is 1. The van der Waals surface area contributed by atoms with Crippen LogP contribution in [0.1, 0.15) is 21.6 Å². The van der Waals surface area contributed by atoms with E-state index in [9.17, 15) is 4.79 Å². The van der Waals surface area contributed by atoms with Crippen LogP contribution in [0.15, 0.2) is 67.3 Å². The van der Waals surface area contributed by atoms with Gasteiger partial charge in [-0.1, -0.05) is 54.1 Å². The van der Waals surface area contributed by atoms with E-state index in [-0.39, 0.29) is 5.91 Å². The molecule has 2 aromatic carbocycles. The molecule has 6 heteroatoms. The lowest BCUT2D eigenvalue weighted by Crippen LogP contribution is -2.24. The van der Waals surface area contributed by atoms with Gasteiger partial charge in [0.15, 0.2) is 0 Å². The summed E-state index contributed by atoms with van der Waals surface area (Å²) in [7, 11) is 0. The molecule has 0 bridgehead atoms. The number of hydrogen-bond donors (Lipinski definition) is 2. The number of rotatable bonds is 5. The lowest BCUT2D eigenvalue weighted by molar-refractivity contribution is 0.0947. The highest BCUT2D eigenvalue weighted by molar-refractivity contribution is 6.38. The zero-order valence-electron chi connectivity index (χ0n) is 13.9. The van der Waals surface area contributed by atoms with Crippen LogP contribution in [0.3, 0.4) is 0 Å². The first-order chi connectivity index (χ1) is 12.7. The second-order valence-electron chi connectivity index (χ2n) is 6.05. The maximum Gasteiger partial charge on any atom is 0.269 e. The van der Waals surface area contributed by atoms with Crippen LogP contribution in [0.25, 0.3) is 10.9 Å². The Morgan fingerprint density at radius 1 is 1.12 bits per heavy atom. The third-order valence-electron chi connectivity index (χ3n) is 4.34. The van der Waals surface area contributed by atoms with E-state index in [1.807, 2.05) is 53.2 Å². The van der Waals surface area contributed by atoms with Crippen molar-refractivity contribution in [2.45, 2.75) is 13.1 Å². The smallest absolute Gasteiger partial charge is 0.269 e. The van der Waals surface area contributed by atoms with E-state index in [1.165, 1.54) is 0 Å². The van der Waals surface area contributed by atoms with Gasteiger partial charge in [0.25, 0.3) is 5.91 Å². The molecule has 0 unspecified atom stereocenters. The summed E-state index contributed by atoms with van der Waals surface area (Å²) >= 11 is 6.36. The number of halogens is 1. The van der Waals surface area contributed by atoms with Gasteiger partial charge in [0, 0.05) is 36.4 Å². The van der Waals surface area contributed by atoms with Crippen molar-refractivity contribution < 1.29 is 4.79 Å². The Kier molecular flexibility index (Phi) is 4.46. The van der Waals surface area contributed by atoms with Crippen molar-refractivity contribution in [1.82, 2.24) is 19.9 Å². The van der Waals surface area contributed by atoms with Gasteiger partial charge in [-0.05, 0) is 17.2 Å². The number of carbonyl (C=O) groups excluding carboxylic acids is 1. The SMILES string of the molecule is O=C(NCc1ccccc1Cn1ccnc1)c1[nH]c2ccccc2c1Cl. The topological polar surface area (TPSA) is 62.7 Å². The van der Waals surface area contributed by atoms with Crippen LogP contribution in [-0.2, 0) is 13.1 Å². The van der Waals surface area contributed by atoms with Crippen molar-refractivity contribution in [3.8, 4) is 0 Å². The number of H-pyrrole nitrogens is 1. The maximum absolute atomic E-state index is 12.6. The van der Waals surface area contributed by atoms with Gasteiger partial charge in [-0.15, -0.1) is 0 Å². The van der Waals surface area contributed by atoms with Gasteiger partial charge < -0.3 is 14.9 Å². The van der Waals surface area contributed by atoms with Crippen LogP contribution in [-0.4, -0.2) is 20.4 Å². The number of hydrogen-bond acceptors (Lipinski definition) is 2. The quantitative estimate of drug-likeness (QED) is 0.562. The largest absolute Gasteiger partial charge is 0.349 e. The molecule has 0 aliphatic carbocycles. The lowest BCUT2D eigenvalue weighted by Gasteiger charge is -2.11. The van der Waals surface area contributed by atoms with Gasteiger partial charge >= 0.3 is 0 Å². The molecule has 2 heterocycles. The molecule has 1 amide bonds. The average molecular weight is 365 g/mol. The number of amides is 1. The minimum absolute atomic E-state index is 0.219. The summed E-state index contributed by atoms with van der Waals surface area (Å²) in [5, 5.41) is 4.25. The van der Waals surface area contributed by atoms with Crippen molar-refractivity contribution in [3.05, 3.63) is 89.1 Å². The van der Waals surface area contributed by atoms with Crippen LogP contribution < -0.4 is 5.32 Å². The van der Waals surface area contributed by atoms with Crippen molar-refractivity contribution in [1.29, 1.82) is 0 Å². The number of aromatic amines is 1. The summed E-state index contributed by atoms with van der Waals surface area (Å²) in [6.45, 7) is 1.13. The van der Waals surface area contributed by atoms with E-state index < -0.39 is 0 Å². The fraction of sp³-hybridized carbons (Fsp3) is 0.100. The molecule has 0 aliphatic rings. The molecule has 4 aromatic rings. The van der Waals surface area contributed by atoms with E-state index in [4.69, 9.17) is 11.6 Å². The molecule has 0 spiro atoms. The number of nitrogens with one attached hydrogen (secondary N) is 2. The number of benzene rings is 2. The maximum atomic E-state index is 12.6. The Hall–Kier alpha value is -3.05. The molecule has 0 aliphatic heterocycles. The Balaban J connectivity index is 1.52. The highest BCUT2D eigenvalue weighted by Gasteiger charge is 2.16. The minimum Gasteiger partial charge on any atom is -0.349 e. The zero-order valence-corrected chi connectivity index (χ0v) is 14.7. The number of carbonyl (C=O) groups is 1. The lowest BCUT2D eigenvalue weighted by atomic mass is 10.1. The van der Waals surface area contributed by atoms with Crippen LogP contribution in [0.2, 0.25) is 5.02 Å². The first-order valence-corrected chi connectivity index (χ1v) is 8.67. The summed E-state index contributed by atoms with van der Waals surface area (Å²) in [5.74, 6) is -0.219. The fourth-order valence-electron chi connectivity index (χ4n) is 2.99. The van der Waals surface area contributed by atoms with Crippen LogP contribution in [0.4, 0.5) is 0 Å². The zero-order chi connectivity index (χ0) is 17.9. The Morgan fingerprint density at radius 3 is 2.65 bits per heavy atom. The number of imidazole rings is 1. The molecule has 0 radical (unpaired) electrons. The van der Waals surface area contributed by atoms with Crippen LogP contribution >= 0.6 is 11.6 Å². The molecule has 5 nitrogen and oxygen atoms in total. The second kappa shape index (κ2) is 7.06.